The number of hydrogen-bond donors (Lipinski definition) is 0. The van der Waals surface area contributed by atoms with Gasteiger partial charge in [0.1, 0.15) is 0 Å². The van der Waals surface area contributed by atoms with Gasteiger partial charge in [-0.3, -0.25) is 0 Å². The van der Waals surface area contributed by atoms with Crippen molar-refractivity contribution in [1.82, 2.24) is 0 Å². The Morgan fingerprint density at radius 2 is 0.538 bits per heavy atom. The van der Waals surface area contributed by atoms with E-state index in [1.807, 2.05) is 0 Å². The lowest BCUT2D eigenvalue weighted by Crippen LogP contribution is -2.26. The molecule has 0 amide bonds. The molecule has 12 rings (SSSR count). The summed E-state index contributed by atoms with van der Waals surface area (Å²) >= 11 is 0. The average molecular weight is 831 g/mol. The largest absolute Gasteiger partial charge is 0.310 e. The van der Waals surface area contributed by atoms with Gasteiger partial charge in [0.05, 0.1) is 5.41 Å². The predicted octanol–water partition coefficient (Wildman–Crippen LogP) is 16.9. The molecule has 0 saturated carbocycles. The lowest BCUT2D eigenvalue weighted by atomic mass is 9.70. The van der Waals surface area contributed by atoms with E-state index < -0.39 is 5.41 Å². The highest BCUT2D eigenvalue weighted by Gasteiger charge is 2.52. The molecular weight excluding hydrogens is 785 g/mol. The highest BCUT2D eigenvalue weighted by molar-refractivity contribution is 5.97. The van der Waals surface area contributed by atoms with E-state index in [0.29, 0.717) is 0 Å². The highest BCUT2D eigenvalue weighted by atomic mass is 15.1. The second kappa shape index (κ2) is 15.6. The SMILES string of the molecule is Cc1ccc(N(c2ccc(C)cc2)c2ccc3c(c2)C2(c4ccccc4-c4ccccc42)c2cc(N(c4ccc(-c5ccccc5)cc4)c4ccc(-c5ccccc5)cc4)ccc2-3)cc1. The summed E-state index contributed by atoms with van der Waals surface area (Å²) in [4.78, 5) is 4.84. The first-order valence-corrected chi connectivity index (χ1v) is 22.6. The topological polar surface area (TPSA) is 6.48 Å². The molecule has 0 fully saturated rings. The van der Waals surface area contributed by atoms with Crippen molar-refractivity contribution in [3.8, 4) is 44.5 Å². The molecule has 10 aromatic carbocycles. The summed E-state index contributed by atoms with van der Waals surface area (Å²) in [5.74, 6) is 0. The third kappa shape index (κ3) is 6.32. The molecule has 0 aromatic heterocycles. The quantitative estimate of drug-likeness (QED) is 0.151. The highest BCUT2D eigenvalue weighted by Crippen LogP contribution is 2.64. The van der Waals surface area contributed by atoms with Crippen molar-refractivity contribution in [2.45, 2.75) is 19.3 Å². The first-order valence-electron chi connectivity index (χ1n) is 22.6. The minimum Gasteiger partial charge on any atom is -0.310 e. The molecule has 10 aromatic rings. The van der Waals surface area contributed by atoms with Gasteiger partial charge < -0.3 is 9.80 Å². The summed E-state index contributed by atoms with van der Waals surface area (Å²) < 4.78 is 0. The van der Waals surface area contributed by atoms with Gasteiger partial charge in [0.15, 0.2) is 0 Å². The summed E-state index contributed by atoms with van der Waals surface area (Å²) in [6.07, 6.45) is 0. The van der Waals surface area contributed by atoms with E-state index >= 15 is 0 Å². The van der Waals surface area contributed by atoms with E-state index in [-0.39, 0.29) is 0 Å². The van der Waals surface area contributed by atoms with Crippen molar-refractivity contribution >= 4 is 34.1 Å². The van der Waals surface area contributed by atoms with Gasteiger partial charge in [0.25, 0.3) is 0 Å². The van der Waals surface area contributed by atoms with Crippen LogP contribution in [0, 0.1) is 13.8 Å². The molecule has 0 atom stereocenters. The van der Waals surface area contributed by atoms with Gasteiger partial charge in [-0.2, -0.15) is 0 Å². The van der Waals surface area contributed by atoms with Crippen LogP contribution in [0.5, 0.6) is 0 Å². The van der Waals surface area contributed by atoms with Crippen molar-refractivity contribution in [1.29, 1.82) is 0 Å². The van der Waals surface area contributed by atoms with Crippen LogP contribution in [0.25, 0.3) is 44.5 Å². The molecule has 2 aliphatic rings. The Kier molecular flexibility index (Phi) is 9.21. The van der Waals surface area contributed by atoms with Crippen LogP contribution in [0.1, 0.15) is 33.4 Å². The number of fused-ring (bicyclic) bond motifs is 10. The molecule has 2 heteroatoms. The Morgan fingerprint density at radius 3 is 0.923 bits per heavy atom. The minimum atomic E-state index is -0.559. The van der Waals surface area contributed by atoms with Crippen LogP contribution in [0.2, 0.25) is 0 Å². The van der Waals surface area contributed by atoms with Gasteiger partial charge in [0, 0.05) is 34.1 Å². The standard InChI is InChI=1S/C63H46N2/c1-43-21-29-49(30-22-43)64(50-31-23-44(2)24-32-50)53-37-39-57-58-40-38-54(42-62(58)63(61(57)41-53)59-19-11-9-17-55(59)56-18-10-12-20-60(56)63)65(51-33-25-47(26-34-51)45-13-5-3-6-14-45)52-35-27-48(28-36-52)46-15-7-4-8-16-46/h3-42H,1-2H3. The van der Waals surface area contributed by atoms with Crippen LogP contribution in [0.15, 0.2) is 243 Å². The Morgan fingerprint density at radius 1 is 0.246 bits per heavy atom. The van der Waals surface area contributed by atoms with Crippen molar-refractivity contribution in [3.05, 3.63) is 276 Å². The maximum atomic E-state index is 2.49. The summed E-state index contributed by atoms with van der Waals surface area (Å²) in [6, 6.07) is 89.7. The van der Waals surface area contributed by atoms with Crippen molar-refractivity contribution in [2.24, 2.45) is 0 Å². The van der Waals surface area contributed by atoms with Crippen LogP contribution >= 0.6 is 0 Å². The van der Waals surface area contributed by atoms with E-state index in [9.17, 15) is 0 Å². The fourth-order valence-corrected chi connectivity index (χ4v) is 10.5. The van der Waals surface area contributed by atoms with Gasteiger partial charge in [-0.25, -0.2) is 0 Å². The number of benzene rings is 10. The molecule has 0 aliphatic heterocycles. The number of aryl methyl sites for hydroxylation is 2. The summed E-state index contributed by atoms with van der Waals surface area (Å²) in [5, 5.41) is 0. The normalized spacial score (nSPS) is 12.6. The Balaban J connectivity index is 1.08. The molecule has 65 heavy (non-hydrogen) atoms. The van der Waals surface area contributed by atoms with Crippen LogP contribution in [-0.4, -0.2) is 0 Å². The second-order valence-corrected chi connectivity index (χ2v) is 17.5. The van der Waals surface area contributed by atoms with Crippen LogP contribution in [-0.2, 0) is 5.41 Å². The van der Waals surface area contributed by atoms with E-state index in [1.165, 1.54) is 77.9 Å². The lowest BCUT2D eigenvalue weighted by molar-refractivity contribution is 0.793. The van der Waals surface area contributed by atoms with Crippen molar-refractivity contribution in [3.63, 3.8) is 0 Å². The fraction of sp³-hybridized carbons (Fsp3) is 0.0476. The van der Waals surface area contributed by atoms with Crippen LogP contribution in [0.4, 0.5) is 34.1 Å². The van der Waals surface area contributed by atoms with Gasteiger partial charge in [0.2, 0.25) is 0 Å². The maximum absolute atomic E-state index is 2.49. The molecule has 0 unspecified atom stereocenters. The number of rotatable bonds is 8. The molecule has 308 valence electrons. The maximum Gasteiger partial charge on any atom is 0.0727 e. The Hall–Kier alpha value is -8.20. The Labute approximate surface area is 382 Å². The zero-order chi connectivity index (χ0) is 43.5. The fourth-order valence-electron chi connectivity index (χ4n) is 10.5. The van der Waals surface area contributed by atoms with E-state index in [0.717, 1.165) is 34.1 Å². The predicted molar refractivity (Wildman–Crippen MR) is 272 cm³/mol. The Bertz CT molecular complexity index is 3180. The molecule has 2 nitrogen and oxygen atoms in total. The van der Waals surface area contributed by atoms with Crippen molar-refractivity contribution < 1.29 is 0 Å². The van der Waals surface area contributed by atoms with Gasteiger partial charge >= 0.3 is 0 Å². The van der Waals surface area contributed by atoms with E-state index in [1.54, 1.807) is 0 Å². The first-order chi connectivity index (χ1) is 32.0. The smallest absolute Gasteiger partial charge is 0.0727 e. The zero-order valence-electron chi connectivity index (χ0n) is 36.5. The van der Waals surface area contributed by atoms with Crippen LogP contribution in [0.3, 0.4) is 0 Å². The molecule has 0 radical (unpaired) electrons. The average Bonchev–Trinajstić information content (AvgIpc) is 3.83. The monoisotopic (exact) mass is 830 g/mol. The molecule has 0 bridgehead atoms. The van der Waals surface area contributed by atoms with Gasteiger partial charge in [-0.05, 0) is 153 Å². The zero-order valence-corrected chi connectivity index (χ0v) is 36.5. The van der Waals surface area contributed by atoms with Crippen molar-refractivity contribution in [2.75, 3.05) is 9.80 Å². The van der Waals surface area contributed by atoms with Gasteiger partial charge in [-0.15, -0.1) is 0 Å². The first kappa shape index (κ1) is 38.5. The van der Waals surface area contributed by atoms with Crippen LogP contribution < -0.4 is 9.80 Å². The minimum absolute atomic E-state index is 0.559. The summed E-state index contributed by atoms with van der Waals surface area (Å²) in [5.41, 5.74) is 23.7. The molecule has 2 aliphatic carbocycles. The molecular formula is C63H46N2. The molecule has 0 heterocycles. The number of nitrogens with zero attached hydrogens (tertiary/aromatic N) is 2. The van der Waals surface area contributed by atoms with E-state index in [4.69, 9.17) is 0 Å². The van der Waals surface area contributed by atoms with Gasteiger partial charge in [-0.1, -0.05) is 181 Å². The number of hydrogen-bond acceptors (Lipinski definition) is 2. The summed E-state index contributed by atoms with van der Waals surface area (Å²) in [7, 11) is 0. The lowest BCUT2D eigenvalue weighted by Gasteiger charge is -2.33. The molecule has 1 spiro atoms. The van der Waals surface area contributed by atoms with E-state index in [2.05, 4.69) is 266 Å². The number of anilines is 6. The molecule has 0 saturated heterocycles. The summed E-state index contributed by atoms with van der Waals surface area (Å²) in [6.45, 7) is 4.31. The second-order valence-electron chi connectivity index (χ2n) is 17.5. The third-order valence-electron chi connectivity index (χ3n) is 13.6. The third-order valence-corrected chi connectivity index (χ3v) is 13.6. The molecule has 0 N–H and O–H groups in total.